The lowest BCUT2D eigenvalue weighted by molar-refractivity contribution is -0.143. The molecule has 14 nitrogen and oxygen atoms in total. The van der Waals surface area contributed by atoms with Gasteiger partial charge in [-0.2, -0.15) is 12.6 Å². The average molecular weight is 507 g/mol. The van der Waals surface area contributed by atoms with Crippen molar-refractivity contribution in [2.75, 3.05) is 12.3 Å². The van der Waals surface area contributed by atoms with Gasteiger partial charge in [0, 0.05) is 18.6 Å². The number of carboxylic acids is 2. The number of nitrogens with one attached hydrogen (secondary N) is 3. The first-order chi connectivity index (χ1) is 15.9. The summed E-state index contributed by atoms with van der Waals surface area (Å²) in [7, 11) is 0. The number of amides is 4. The number of unbranched alkanes of at least 4 members (excludes halogenated alkanes) is 1. The molecule has 4 amide bonds. The van der Waals surface area contributed by atoms with Crippen molar-refractivity contribution in [2.24, 2.45) is 17.2 Å². The third-order valence-corrected chi connectivity index (χ3v) is 5.06. The summed E-state index contributed by atoms with van der Waals surface area (Å²) in [5, 5.41) is 25.2. The summed E-state index contributed by atoms with van der Waals surface area (Å²) in [5.41, 5.74) is 16.1. The Kier molecular flexibility index (Phi) is 15.2. The number of rotatable bonds is 18. The highest BCUT2D eigenvalue weighted by Gasteiger charge is 2.30. The fourth-order valence-electron chi connectivity index (χ4n) is 2.73. The molecule has 0 aliphatic rings. The minimum Gasteiger partial charge on any atom is -0.481 e. The predicted octanol–water partition coefficient (Wildman–Crippen LogP) is -2.96. The SMILES string of the molecule is NCCCCC(NC(=O)C(CCC(=O)O)NC(=O)C(CS)NC(=O)C(N)CCC(N)=O)C(=O)O. The first-order valence-electron chi connectivity index (χ1n) is 10.6. The van der Waals surface area contributed by atoms with Crippen LogP contribution in [0.1, 0.15) is 44.9 Å². The van der Waals surface area contributed by atoms with Crippen LogP contribution in [-0.2, 0) is 28.8 Å². The molecule has 15 heteroatoms. The largest absolute Gasteiger partial charge is 0.481 e. The van der Waals surface area contributed by atoms with Gasteiger partial charge in [0.1, 0.15) is 18.1 Å². The van der Waals surface area contributed by atoms with Crippen molar-refractivity contribution in [1.29, 1.82) is 0 Å². The Hall–Kier alpha value is -2.91. The highest BCUT2D eigenvalue weighted by molar-refractivity contribution is 7.80. The number of aliphatic carboxylic acids is 2. The standard InChI is InChI=1S/C19H34N6O8S/c20-8-2-1-3-12(19(32)33)24-17(30)11(5-7-15(27)28)23-18(31)13(9-34)25-16(29)10(21)4-6-14(22)26/h10-13,34H,1-9,20-21H2,(H2,22,26)(H,23,31)(H,24,30)(H,25,29)(H,27,28)(H,32,33). The first-order valence-corrected chi connectivity index (χ1v) is 11.3. The van der Waals surface area contributed by atoms with Crippen LogP contribution >= 0.6 is 12.6 Å². The van der Waals surface area contributed by atoms with Gasteiger partial charge < -0.3 is 43.4 Å². The third-order valence-electron chi connectivity index (χ3n) is 4.70. The van der Waals surface area contributed by atoms with Crippen LogP contribution in [0.4, 0.5) is 0 Å². The monoisotopic (exact) mass is 506 g/mol. The molecular formula is C19H34N6O8S. The molecular weight excluding hydrogens is 472 g/mol. The lowest BCUT2D eigenvalue weighted by Gasteiger charge is -2.24. The van der Waals surface area contributed by atoms with Gasteiger partial charge in [0.2, 0.25) is 23.6 Å². The third kappa shape index (κ3) is 13.0. The second kappa shape index (κ2) is 16.7. The van der Waals surface area contributed by atoms with Gasteiger partial charge in [-0.05, 0) is 38.6 Å². The predicted molar refractivity (Wildman–Crippen MR) is 123 cm³/mol. The summed E-state index contributed by atoms with van der Waals surface area (Å²) < 4.78 is 0. The zero-order chi connectivity index (χ0) is 26.3. The van der Waals surface area contributed by atoms with Gasteiger partial charge in [-0.25, -0.2) is 4.79 Å². The molecule has 4 unspecified atom stereocenters. The van der Waals surface area contributed by atoms with Gasteiger partial charge >= 0.3 is 11.9 Å². The number of carbonyl (C=O) groups excluding carboxylic acids is 4. The van der Waals surface area contributed by atoms with Crippen molar-refractivity contribution in [3.05, 3.63) is 0 Å². The Labute approximate surface area is 202 Å². The highest BCUT2D eigenvalue weighted by Crippen LogP contribution is 2.05. The molecule has 11 N–H and O–H groups in total. The van der Waals surface area contributed by atoms with Crippen LogP contribution in [0.15, 0.2) is 0 Å². The fraction of sp³-hybridized carbons (Fsp3) is 0.684. The Morgan fingerprint density at radius 2 is 1.32 bits per heavy atom. The van der Waals surface area contributed by atoms with E-state index in [1.54, 1.807) is 0 Å². The molecule has 0 aromatic carbocycles. The van der Waals surface area contributed by atoms with Crippen molar-refractivity contribution in [1.82, 2.24) is 16.0 Å². The van der Waals surface area contributed by atoms with Gasteiger partial charge in [-0.3, -0.25) is 24.0 Å². The Bertz CT molecular complexity index is 738. The summed E-state index contributed by atoms with van der Waals surface area (Å²) in [6, 6.07) is -5.01. The van der Waals surface area contributed by atoms with Crippen molar-refractivity contribution < 1.29 is 39.0 Å². The molecule has 0 bridgehead atoms. The summed E-state index contributed by atoms with van der Waals surface area (Å²) in [4.78, 5) is 70.7. The molecule has 0 radical (unpaired) electrons. The van der Waals surface area contributed by atoms with Crippen LogP contribution in [0.5, 0.6) is 0 Å². The number of hydrogen-bond acceptors (Lipinski definition) is 9. The normalized spacial score (nSPS) is 14.2. The number of thiol groups is 1. The Balaban J connectivity index is 5.27. The second-order valence-corrected chi connectivity index (χ2v) is 7.90. The van der Waals surface area contributed by atoms with Crippen LogP contribution < -0.4 is 33.2 Å². The van der Waals surface area contributed by atoms with Crippen LogP contribution in [0, 0.1) is 0 Å². The molecule has 0 fully saturated rings. The summed E-state index contributed by atoms with van der Waals surface area (Å²) >= 11 is 4.00. The Morgan fingerprint density at radius 3 is 1.82 bits per heavy atom. The molecule has 4 atom stereocenters. The molecule has 0 aromatic heterocycles. The second-order valence-electron chi connectivity index (χ2n) is 7.53. The van der Waals surface area contributed by atoms with E-state index < -0.39 is 66.2 Å². The first kappa shape index (κ1) is 31.1. The zero-order valence-corrected chi connectivity index (χ0v) is 19.6. The van der Waals surface area contributed by atoms with Crippen molar-refractivity contribution in [3.63, 3.8) is 0 Å². The van der Waals surface area contributed by atoms with Gasteiger partial charge in [0.05, 0.1) is 6.04 Å². The van der Waals surface area contributed by atoms with Gasteiger partial charge in [0.15, 0.2) is 0 Å². The highest BCUT2D eigenvalue weighted by atomic mass is 32.1. The van der Waals surface area contributed by atoms with Gasteiger partial charge in [-0.1, -0.05) is 0 Å². The van der Waals surface area contributed by atoms with E-state index in [1.807, 2.05) is 0 Å². The zero-order valence-electron chi connectivity index (χ0n) is 18.7. The molecule has 0 aromatic rings. The van der Waals surface area contributed by atoms with Crippen LogP contribution in [-0.4, -0.2) is 82.2 Å². The average Bonchev–Trinajstić information content (AvgIpc) is 2.76. The van der Waals surface area contributed by atoms with Crippen molar-refractivity contribution in [3.8, 4) is 0 Å². The van der Waals surface area contributed by atoms with Crippen LogP contribution in [0.25, 0.3) is 0 Å². The number of carboxylic acid groups (broad SMARTS) is 2. The Morgan fingerprint density at radius 1 is 0.765 bits per heavy atom. The van der Waals surface area contributed by atoms with Crippen molar-refractivity contribution >= 4 is 48.2 Å². The maximum Gasteiger partial charge on any atom is 0.326 e. The minimum absolute atomic E-state index is 0.0492. The number of primary amides is 1. The lowest BCUT2D eigenvalue weighted by Crippen LogP contribution is -2.57. The van der Waals surface area contributed by atoms with Crippen molar-refractivity contribution in [2.45, 2.75) is 69.1 Å². The number of hydrogen-bond donors (Lipinski definition) is 9. The molecule has 34 heavy (non-hydrogen) atoms. The van der Waals surface area contributed by atoms with E-state index in [4.69, 9.17) is 22.3 Å². The molecule has 0 saturated carbocycles. The molecule has 0 aliphatic heterocycles. The number of carbonyl (C=O) groups is 6. The molecule has 0 rings (SSSR count). The fourth-order valence-corrected chi connectivity index (χ4v) is 2.99. The summed E-state index contributed by atoms with van der Waals surface area (Å²) in [6.07, 6.45) is 0.0720. The van der Waals surface area contributed by atoms with E-state index in [9.17, 15) is 33.9 Å². The molecule has 0 heterocycles. The van der Waals surface area contributed by atoms with Gasteiger partial charge in [-0.15, -0.1) is 0 Å². The molecule has 0 saturated heterocycles. The maximum atomic E-state index is 12.7. The summed E-state index contributed by atoms with van der Waals surface area (Å²) in [6.45, 7) is 0.348. The summed E-state index contributed by atoms with van der Waals surface area (Å²) in [5.74, 6) is -5.87. The molecule has 194 valence electrons. The van der Waals surface area contributed by atoms with E-state index in [-0.39, 0.29) is 31.4 Å². The van der Waals surface area contributed by atoms with Crippen LogP contribution in [0.2, 0.25) is 0 Å². The van der Waals surface area contributed by atoms with E-state index in [1.165, 1.54) is 0 Å². The topological polar surface area (TPSA) is 257 Å². The molecule has 0 spiro atoms. The molecule has 0 aliphatic carbocycles. The maximum absolute atomic E-state index is 12.7. The minimum atomic E-state index is -1.39. The van der Waals surface area contributed by atoms with E-state index in [0.29, 0.717) is 19.4 Å². The van der Waals surface area contributed by atoms with Gasteiger partial charge in [0.25, 0.3) is 0 Å². The quantitative estimate of drug-likeness (QED) is 0.0674. The lowest BCUT2D eigenvalue weighted by atomic mass is 10.1. The van der Waals surface area contributed by atoms with Crippen LogP contribution in [0.3, 0.4) is 0 Å². The number of nitrogens with two attached hydrogens (primary N) is 3. The van der Waals surface area contributed by atoms with E-state index in [2.05, 4.69) is 28.6 Å². The van der Waals surface area contributed by atoms with E-state index >= 15 is 0 Å². The smallest absolute Gasteiger partial charge is 0.326 e. The van der Waals surface area contributed by atoms with E-state index in [0.717, 1.165) is 0 Å².